The zero-order valence-corrected chi connectivity index (χ0v) is 14.2. The van der Waals surface area contributed by atoms with Crippen molar-refractivity contribution in [3.63, 3.8) is 0 Å². The predicted molar refractivity (Wildman–Crippen MR) is 81.0 cm³/mol. The largest absolute Gasteiger partial charge is 0.478 e. The van der Waals surface area contributed by atoms with Gasteiger partial charge in [0.25, 0.3) is 11.8 Å². The van der Waals surface area contributed by atoms with Crippen LogP contribution in [0.15, 0.2) is 22.6 Å². The molecule has 3 heterocycles. The fourth-order valence-electron chi connectivity index (χ4n) is 2.98. The van der Waals surface area contributed by atoms with E-state index in [1.807, 2.05) is 0 Å². The zero-order chi connectivity index (χ0) is 20.6. The maximum Gasteiger partial charge on any atom is 0.426 e. The Morgan fingerprint density at radius 2 is 1.79 bits per heavy atom. The molecule has 12 heteroatoms. The number of rotatable bonds is 0. The first-order valence-corrected chi connectivity index (χ1v) is 8.33. The highest BCUT2D eigenvalue weighted by atomic mass is 19.4. The molecule has 0 amide bonds. The second-order valence-electron chi connectivity index (χ2n) is 6.33. The summed E-state index contributed by atoms with van der Waals surface area (Å²) in [6.45, 7) is 0.117. The van der Waals surface area contributed by atoms with E-state index < -0.39 is 42.1 Å². The highest BCUT2D eigenvalue weighted by Gasteiger charge is 2.69. The van der Waals surface area contributed by atoms with Crippen LogP contribution in [0.25, 0.3) is 11.6 Å². The molecule has 0 fully saturated rings. The summed E-state index contributed by atoms with van der Waals surface area (Å²) in [7, 11) is 0. The average Bonchev–Trinajstić information content (AvgIpc) is 3.08. The van der Waals surface area contributed by atoms with Crippen molar-refractivity contribution < 1.29 is 40.6 Å². The van der Waals surface area contributed by atoms with Crippen molar-refractivity contribution in [1.82, 2.24) is 15.2 Å². The molecular weight excluding hydrogens is 396 g/mol. The fourth-order valence-corrected chi connectivity index (χ4v) is 2.98. The Morgan fingerprint density at radius 1 is 1.04 bits per heavy atom. The lowest BCUT2D eigenvalue weighted by atomic mass is 9.82. The number of pyridine rings is 1. The Labute approximate surface area is 154 Å². The molecule has 1 N–H and O–H groups in total. The van der Waals surface area contributed by atoms with Crippen molar-refractivity contribution in [2.24, 2.45) is 5.92 Å². The molecule has 2 atom stereocenters. The number of halogens is 6. The number of hydrogen-bond donors (Lipinski definition) is 1. The molecule has 3 rings (SSSR count). The normalized spacial score (nSPS) is 24.3. The number of fused-ring (bicyclic) bond motifs is 5. The van der Waals surface area contributed by atoms with Crippen molar-refractivity contribution in [3.8, 4) is 17.5 Å². The minimum Gasteiger partial charge on any atom is -0.478 e. The third-order valence-corrected chi connectivity index (χ3v) is 4.41. The van der Waals surface area contributed by atoms with Crippen LogP contribution in [-0.2, 0) is 5.60 Å². The van der Waals surface area contributed by atoms with Crippen LogP contribution in [0.2, 0.25) is 0 Å². The molecule has 4 bridgehead atoms. The van der Waals surface area contributed by atoms with Crippen LogP contribution in [0.1, 0.15) is 31.6 Å². The van der Waals surface area contributed by atoms with Gasteiger partial charge < -0.3 is 14.3 Å². The molecule has 0 saturated carbocycles. The van der Waals surface area contributed by atoms with Crippen LogP contribution in [0.5, 0.6) is 5.88 Å². The first kappa shape index (κ1) is 20.4. The minimum absolute atomic E-state index is 0.0959. The maximum absolute atomic E-state index is 13.7. The molecule has 2 aromatic rings. The number of hydrogen-bond acceptors (Lipinski definition) is 6. The Morgan fingerprint density at radius 3 is 2.46 bits per heavy atom. The van der Waals surface area contributed by atoms with Gasteiger partial charge in [0.15, 0.2) is 0 Å². The van der Waals surface area contributed by atoms with Gasteiger partial charge in [-0.2, -0.15) is 26.3 Å². The lowest BCUT2D eigenvalue weighted by Gasteiger charge is -2.35. The third-order valence-electron chi connectivity index (χ3n) is 4.41. The summed E-state index contributed by atoms with van der Waals surface area (Å²) in [5.41, 5.74) is -4.48. The van der Waals surface area contributed by atoms with E-state index in [4.69, 9.17) is 9.15 Å². The molecule has 0 aliphatic carbocycles. The van der Waals surface area contributed by atoms with Crippen LogP contribution < -0.4 is 4.74 Å². The molecule has 1 aliphatic rings. The highest BCUT2D eigenvalue weighted by molar-refractivity contribution is 5.47. The van der Waals surface area contributed by atoms with Crippen molar-refractivity contribution in [1.29, 1.82) is 0 Å². The number of alkyl halides is 6. The van der Waals surface area contributed by atoms with Gasteiger partial charge in [-0.25, -0.2) is 4.98 Å². The molecule has 154 valence electrons. The first-order valence-electron chi connectivity index (χ1n) is 8.33. The Balaban J connectivity index is 2.15. The van der Waals surface area contributed by atoms with E-state index >= 15 is 0 Å². The Hall–Kier alpha value is -2.37. The topological polar surface area (TPSA) is 81.3 Å². The Kier molecular flexibility index (Phi) is 5.26. The summed E-state index contributed by atoms with van der Waals surface area (Å²) in [6.07, 6.45) is -11.8. The Bertz CT molecular complexity index is 822. The number of aliphatic hydroxyl groups is 1. The molecule has 1 aliphatic heterocycles. The van der Waals surface area contributed by atoms with Gasteiger partial charge in [-0.05, 0) is 18.9 Å². The van der Waals surface area contributed by atoms with Crippen molar-refractivity contribution >= 4 is 0 Å². The van der Waals surface area contributed by atoms with Crippen molar-refractivity contribution in [2.75, 3.05) is 6.61 Å². The van der Waals surface area contributed by atoms with Crippen LogP contribution >= 0.6 is 0 Å². The standard InChI is InChI=1S/C16H15F6N3O3/c17-15(18,19)10-6-2-1-3-8-27-11-7-4-5-9(23-11)12-24-25-13(28-12)14(10,26)16(20,21)22/h4-5,7,10,26H,1-3,6,8H2. The SMILES string of the molecule is OC1(C(F)(F)F)c2nnc(o2)-c2cccc(n2)OCCCCCC1C(F)(F)F. The first-order chi connectivity index (χ1) is 13.0. The fraction of sp³-hybridized carbons (Fsp3) is 0.562. The van der Waals surface area contributed by atoms with Gasteiger partial charge in [0.2, 0.25) is 11.5 Å². The van der Waals surface area contributed by atoms with E-state index in [0.717, 1.165) is 0 Å². The third kappa shape index (κ3) is 3.77. The number of ether oxygens (including phenoxy) is 1. The van der Waals surface area contributed by atoms with Gasteiger partial charge in [0.05, 0.1) is 6.61 Å². The zero-order valence-electron chi connectivity index (χ0n) is 14.2. The van der Waals surface area contributed by atoms with Crippen molar-refractivity contribution in [2.45, 2.75) is 43.6 Å². The summed E-state index contributed by atoms with van der Waals surface area (Å²) in [6, 6.07) is 4.27. The molecular formula is C16H15F6N3O3. The van der Waals surface area contributed by atoms with Gasteiger partial charge in [0, 0.05) is 6.07 Å². The predicted octanol–water partition coefficient (Wildman–Crippen LogP) is 4.01. The lowest BCUT2D eigenvalue weighted by Crippen LogP contribution is -2.54. The minimum atomic E-state index is -5.70. The lowest BCUT2D eigenvalue weighted by molar-refractivity contribution is -0.340. The van der Waals surface area contributed by atoms with E-state index in [-0.39, 0.29) is 31.0 Å². The molecule has 28 heavy (non-hydrogen) atoms. The van der Waals surface area contributed by atoms with Gasteiger partial charge in [-0.15, -0.1) is 10.2 Å². The highest BCUT2D eigenvalue weighted by Crippen LogP contribution is 2.51. The van der Waals surface area contributed by atoms with Gasteiger partial charge in [-0.1, -0.05) is 18.9 Å². The number of aromatic nitrogens is 3. The van der Waals surface area contributed by atoms with Crippen LogP contribution in [0, 0.1) is 5.92 Å². The van der Waals surface area contributed by atoms with E-state index in [1.165, 1.54) is 18.2 Å². The van der Waals surface area contributed by atoms with Crippen LogP contribution in [0.3, 0.4) is 0 Å². The smallest absolute Gasteiger partial charge is 0.426 e. The summed E-state index contributed by atoms with van der Waals surface area (Å²) in [4.78, 5) is 3.98. The van der Waals surface area contributed by atoms with Crippen LogP contribution in [-0.4, -0.2) is 39.2 Å². The van der Waals surface area contributed by atoms with Gasteiger partial charge >= 0.3 is 12.4 Å². The van der Waals surface area contributed by atoms with E-state index in [1.54, 1.807) is 0 Å². The number of nitrogens with zero attached hydrogens (tertiary/aromatic N) is 3. The van der Waals surface area contributed by atoms with Gasteiger partial charge in [-0.3, -0.25) is 0 Å². The summed E-state index contributed by atoms with van der Waals surface area (Å²) in [5, 5.41) is 16.7. The summed E-state index contributed by atoms with van der Waals surface area (Å²) >= 11 is 0. The maximum atomic E-state index is 13.7. The monoisotopic (exact) mass is 411 g/mol. The molecule has 0 radical (unpaired) electrons. The van der Waals surface area contributed by atoms with E-state index in [0.29, 0.717) is 6.42 Å². The quantitative estimate of drug-likeness (QED) is 0.660. The summed E-state index contributed by atoms with van der Waals surface area (Å²) in [5.74, 6) is -5.17. The molecule has 2 aromatic heterocycles. The van der Waals surface area contributed by atoms with Gasteiger partial charge in [0.1, 0.15) is 11.6 Å². The second-order valence-corrected chi connectivity index (χ2v) is 6.33. The molecule has 2 unspecified atom stereocenters. The van der Waals surface area contributed by atoms with E-state index in [9.17, 15) is 31.4 Å². The second kappa shape index (κ2) is 7.22. The van der Waals surface area contributed by atoms with Crippen LogP contribution in [0.4, 0.5) is 26.3 Å². The molecule has 0 saturated heterocycles. The molecule has 6 nitrogen and oxygen atoms in total. The molecule has 0 aromatic carbocycles. The molecule has 0 spiro atoms. The van der Waals surface area contributed by atoms with Crippen molar-refractivity contribution in [3.05, 3.63) is 24.1 Å². The summed E-state index contributed by atoms with van der Waals surface area (Å²) < 4.78 is 91.6. The van der Waals surface area contributed by atoms with E-state index in [2.05, 4.69) is 15.2 Å². The average molecular weight is 411 g/mol.